The van der Waals surface area contributed by atoms with E-state index in [0.717, 1.165) is 30.9 Å². The van der Waals surface area contributed by atoms with Gasteiger partial charge in [-0.1, -0.05) is 0 Å². The van der Waals surface area contributed by atoms with Crippen LogP contribution in [0.1, 0.15) is 19.3 Å². The van der Waals surface area contributed by atoms with Crippen molar-refractivity contribution in [3.05, 3.63) is 11.6 Å². The molecule has 1 aromatic heterocycles. The molecule has 0 aromatic carbocycles. The van der Waals surface area contributed by atoms with Crippen molar-refractivity contribution in [2.45, 2.75) is 19.3 Å². The Bertz CT molecular complexity index is 358. The van der Waals surface area contributed by atoms with Gasteiger partial charge in [0.05, 0.1) is 0 Å². The van der Waals surface area contributed by atoms with Gasteiger partial charge in [0.1, 0.15) is 6.33 Å². The van der Waals surface area contributed by atoms with Crippen molar-refractivity contribution in [3.63, 3.8) is 0 Å². The molecule has 2 heterocycles. The lowest BCUT2D eigenvalue weighted by Gasteiger charge is -2.31. The van der Waals surface area contributed by atoms with Crippen LogP contribution in [0.4, 0.5) is 5.95 Å². The molecule has 1 saturated carbocycles. The Morgan fingerprint density at radius 2 is 1.93 bits per heavy atom. The lowest BCUT2D eigenvalue weighted by molar-refractivity contribution is 0.416. The van der Waals surface area contributed by atoms with Gasteiger partial charge in [0, 0.05) is 13.1 Å². The minimum Gasteiger partial charge on any atom is -0.340 e. The number of aromatic nitrogens is 3. The zero-order valence-electron chi connectivity index (χ0n) is 8.43. The zero-order valence-corrected chi connectivity index (χ0v) is 9.19. The first-order valence-corrected chi connectivity index (χ1v) is 5.78. The van der Waals surface area contributed by atoms with Crippen molar-refractivity contribution in [2.24, 2.45) is 11.8 Å². The second kappa shape index (κ2) is 3.59. The van der Waals surface area contributed by atoms with Gasteiger partial charge in [0.15, 0.2) is 0 Å². The molecular formula is C10H13ClN4. The Balaban J connectivity index is 1.83. The highest BCUT2D eigenvalue weighted by molar-refractivity contribution is 6.28. The molecule has 1 aromatic rings. The van der Waals surface area contributed by atoms with Crippen LogP contribution in [0.15, 0.2) is 6.33 Å². The normalized spacial score (nSPS) is 29.5. The van der Waals surface area contributed by atoms with Gasteiger partial charge >= 0.3 is 0 Å². The molecule has 4 nitrogen and oxygen atoms in total. The monoisotopic (exact) mass is 224 g/mol. The number of halogens is 1. The van der Waals surface area contributed by atoms with E-state index in [1.54, 1.807) is 0 Å². The van der Waals surface area contributed by atoms with Crippen molar-refractivity contribution >= 4 is 17.5 Å². The van der Waals surface area contributed by atoms with Gasteiger partial charge in [-0.25, -0.2) is 9.97 Å². The lowest BCUT2D eigenvalue weighted by Crippen LogP contribution is -2.37. The maximum atomic E-state index is 5.76. The SMILES string of the molecule is Clc1ncnc(N2CC3CCC(C3)C2)n1. The standard InChI is InChI=1S/C10H13ClN4/c11-9-12-6-13-10(14-9)15-4-7-1-2-8(3-7)5-15/h6-8H,1-5H2. The smallest absolute Gasteiger partial charge is 0.229 e. The molecule has 80 valence electrons. The summed E-state index contributed by atoms with van der Waals surface area (Å²) in [5.41, 5.74) is 0. The number of nitrogens with zero attached hydrogens (tertiary/aromatic N) is 4. The maximum Gasteiger partial charge on any atom is 0.229 e. The van der Waals surface area contributed by atoms with Crippen LogP contribution >= 0.6 is 11.6 Å². The molecule has 1 saturated heterocycles. The summed E-state index contributed by atoms with van der Waals surface area (Å²) in [4.78, 5) is 14.4. The van der Waals surface area contributed by atoms with Gasteiger partial charge in [-0.3, -0.25) is 0 Å². The number of rotatable bonds is 1. The summed E-state index contributed by atoms with van der Waals surface area (Å²) in [6.07, 6.45) is 5.59. The Hall–Kier alpha value is -0.900. The van der Waals surface area contributed by atoms with Crippen LogP contribution in [-0.4, -0.2) is 28.0 Å². The van der Waals surface area contributed by atoms with Crippen LogP contribution in [0.2, 0.25) is 5.28 Å². The molecule has 0 radical (unpaired) electrons. The molecule has 0 spiro atoms. The summed E-state index contributed by atoms with van der Waals surface area (Å²) in [6, 6.07) is 0. The molecule has 15 heavy (non-hydrogen) atoms. The molecule has 0 amide bonds. The molecule has 1 aliphatic heterocycles. The Morgan fingerprint density at radius 1 is 1.20 bits per heavy atom. The fraction of sp³-hybridized carbons (Fsp3) is 0.700. The summed E-state index contributed by atoms with van der Waals surface area (Å²) in [6.45, 7) is 2.16. The number of anilines is 1. The van der Waals surface area contributed by atoms with E-state index in [9.17, 15) is 0 Å². The highest BCUT2D eigenvalue weighted by atomic mass is 35.5. The fourth-order valence-corrected chi connectivity index (χ4v) is 2.91. The first-order valence-electron chi connectivity index (χ1n) is 5.41. The summed E-state index contributed by atoms with van der Waals surface area (Å²) in [5, 5.41) is 0.290. The van der Waals surface area contributed by atoms with E-state index in [2.05, 4.69) is 19.9 Å². The van der Waals surface area contributed by atoms with E-state index in [1.165, 1.54) is 25.6 Å². The number of hydrogen-bond donors (Lipinski definition) is 0. The average Bonchev–Trinajstić information content (AvgIpc) is 2.58. The molecule has 2 unspecified atom stereocenters. The van der Waals surface area contributed by atoms with Crippen molar-refractivity contribution < 1.29 is 0 Å². The van der Waals surface area contributed by atoms with Crippen LogP contribution < -0.4 is 4.90 Å². The molecule has 5 heteroatoms. The summed E-state index contributed by atoms with van der Waals surface area (Å²) in [7, 11) is 0. The minimum atomic E-state index is 0.290. The van der Waals surface area contributed by atoms with Gasteiger partial charge in [-0.2, -0.15) is 4.98 Å². The van der Waals surface area contributed by atoms with Gasteiger partial charge in [-0.15, -0.1) is 0 Å². The summed E-state index contributed by atoms with van der Waals surface area (Å²) < 4.78 is 0. The van der Waals surface area contributed by atoms with Crippen LogP contribution in [0, 0.1) is 11.8 Å². The largest absolute Gasteiger partial charge is 0.340 e. The molecule has 0 N–H and O–H groups in total. The number of fused-ring (bicyclic) bond motifs is 2. The molecule has 2 aliphatic rings. The topological polar surface area (TPSA) is 41.9 Å². The van der Waals surface area contributed by atoms with E-state index >= 15 is 0 Å². The molecule has 3 rings (SSSR count). The van der Waals surface area contributed by atoms with E-state index in [1.807, 2.05) is 0 Å². The molecule has 2 bridgehead atoms. The third kappa shape index (κ3) is 1.78. The van der Waals surface area contributed by atoms with Crippen molar-refractivity contribution in [1.29, 1.82) is 0 Å². The Kier molecular flexibility index (Phi) is 2.24. The number of hydrogen-bond acceptors (Lipinski definition) is 4. The quantitative estimate of drug-likeness (QED) is 0.729. The maximum absolute atomic E-state index is 5.76. The van der Waals surface area contributed by atoms with Gasteiger partial charge in [-0.05, 0) is 42.7 Å². The van der Waals surface area contributed by atoms with Crippen LogP contribution in [0.3, 0.4) is 0 Å². The fourth-order valence-electron chi connectivity index (χ4n) is 2.79. The first kappa shape index (κ1) is 9.33. The highest BCUT2D eigenvalue weighted by Gasteiger charge is 2.33. The highest BCUT2D eigenvalue weighted by Crippen LogP contribution is 2.37. The third-order valence-corrected chi connectivity index (χ3v) is 3.60. The van der Waals surface area contributed by atoms with Gasteiger partial charge in [0.2, 0.25) is 11.2 Å². The van der Waals surface area contributed by atoms with Crippen molar-refractivity contribution in [1.82, 2.24) is 15.0 Å². The van der Waals surface area contributed by atoms with E-state index in [0.29, 0.717) is 0 Å². The van der Waals surface area contributed by atoms with E-state index in [-0.39, 0.29) is 5.28 Å². The van der Waals surface area contributed by atoms with Gasteiger partial charge < -0.3 is 4.90 Å². The molecule has 2 fully saturated rings. The van der Waals surface area contributed by atoms with E-state index in [4.69, 9.17) is 11.6 Å². The minimum absolute atomic E-state index is 0.290. The van der Waals surface area contributed by atoms with Crippen LogP contribution in [0.25, 0.3) is 0 Å². The second-order valence-electron chi connectivity index (χ2n) is 4.50. The second-order valence-corrected chi connectivity index (χ2v) is 4.84. The lowest BCUT2D eigenvalue weighted by atomic mass is 9.99. The van der Waals surface area contributed by atoms with Crippen molar-refractivity contribution in [2.75, 3.05) is 18.0 Å². The predicted molar refractivity (Wildman–Crippen MR) is 57.9 cm³/mol. The van der Waals surface area contributed by atoms with Crippen molar-refractivity contribution in [3.8, 4) is 0 Å². The first-order chi connectivity index (χ1) is 7.31. The number of piperidine rings is 1. The predicted octanol–water partition coefficient (Wildman–Crippen LogP) is 1.76. The molecular weight excluding hydrogens is 212 g/mol. The molecule has 1 aliphatic carbocycles. The molecule has 2 atom stereocenters. The third-order valence-electron chi connectivity index (χ3n) is 3.42. The zero-order chi connectivity index (χ0) is 10.3. The van der Waals surface area contributed by atoms with Gasteiger partial charge in [0.25, 0.3) is 0 Å². The summed E-state index contributed by atoms with van der Waals surface area (Å²) in [5.74, 6) is 2.41. The summed E-state index contributed by atoms with van der Waals surface area (Å²) >= 11 is 5.76. The van der Waals surface area contributed by atoms with Crippen LogP contribution in [-0.2, 0) is 0 Å². The van der Waals surface area contributed by atoms with E-state index < -0.39 is 0 Å². The Labute approximate surface area is 93.7 Å². The Morgan fingerprint density at radius 3 is 2.60 bits per heavy atom. The van der Waals surface area contributed by atoms with Crippen LogP contribution in [0.5, 0.6) is 0 Å². The average molecular weight is 225 g/mol.